The lowest BCUT2D eigenvalue weighted by Crippen LogP contribution is -2.01. The maximum Gasteiger partial charge on any atom is 0.164 e. The first-order valence-corrected chi connectivity index (χ1v) is 14.5. The highest BCUT2D eigenvalue weighted by Gasteiger charge is 2.19. The lowest BCUT2D eigenvalue weighted by Gasteiger charge is -2.14. The average molecular weight is 612 g/mol. The molecule has 9 rings (SSSR count). The molecule has 0 spiro atoms. The molecule has 0 saturated carbocycles. The van der Waals surface area contributed by atoms with Gasteiger partial charge in [0.2, 0.25) is 0 Å². The molecule has 0 atom stereocenters. The second-order valence-electron chi connectivity index (χ2n) is 10.7. The van der Waals surface area contributed by atoms with Crippen LogP contribution in [-0.4, -0.2) is 15.0 Å². The molecule has 0 fully saturated rings. The molecule has 0 N–H and O–H groups in total. The van der Waals surface area contributed by atoms with Crippen LogP contribution in [0.5, 0.6) is 0 Å². The minimum atomic E-state index is -0.575. The maximum absolute atomic E-state index is 10.2. The lowest BCUT2D eigenvalue weighted by atomic mass is 9.90. The van der Waals surface area contributed by atoms with E-state index in [4.69, 9.17) is 34.4 Å². The van der Waals surface area contributed by atoms with Gasteiger partial charge in [-0.1, -0.05) is 127 Å². The highest BCUT2D eigenvalue weighted by atomic mass is 16.3. The van der Waals surface area contributed by atoms with Gasteiger partial charge in [0.1, 0.15) is 11.2 Å². The van der Waals surface area contributed by atoms with Gasteiger partial charge in [-0.15, -0.1) is 0 Å². The number of benzene rings is 7. The van der Waals surface area contributed by atoms with Gasteiger partial charge in [-0.25, -0.2) is 15.0 Å². The van der Waals surface area contributed by atoms with E-state index in [0.29, 0.717) is 44.0 Å². The predicted octanol–water partition coefficient (Wildman–Crippen LogP) is 10.6. The van der Waals surface area contributed by atoms with E-state index in [0.717, 1.165) is 5.39 Å². The largest absolute Gasteiger partial charge is 0.456 e. The molecule has 5 heteroatoms. The number of para-hydroxylation sites is 1. The minimum Gasteiger partial charge on any atom is -0.456 e. The molecule has 47 heavy (non-hydrogen) atoms. The highest BCUT2D eigenvalue weighted by molar-refractivity contribution is 6.12. The fourth-order valence-electron chi connectivity index (χ4n) is 6.03. The van der Waals surface area contributed by atoms with Gasteiger partial charge in [-0.3, -0.25) is 0 Å². The summed E-state index contributed by atoms with van der Waals surface area (Å²) >= 11 is 0. The van der Waals surface area contributed by atoms with E-state index < -0.39 is 66.5 Å². The summed E-state index contributed by atoms with van der Waals surface area (Å²) in [6.07, 6.45) is 0. The fourth-order valence-corrected chi connectivity index (χ4v) is 6.03. The Hall–Kier alpha value is -6.64. The Bertz CT molecular complexity index is 3300. The van der Waals surface area contributed by atoms with Crippen LogP contribution in [0.25, 0.3) is 88.8 Å². The number of fused-ring (bicyclic) bond motifs is 5. The highest BCUT2D eigenvalue weighted by Crippen LogP contribution is 2.40. The molecule has 0 radical (unpaired) electrons. The van der Waals surface area contributed by atoms with Crippen molar-refractivity contribution in [2.24, 2.45) is 0 Å². The summed E-state index contributed by atoms with van der Waals surface area (Å²) in [4.78, 5) is 14.4. The van der Waals surface area contributed by atoms with Crippen LogP contribution in [0.1, 0.15) is 20.6 Å². The van der Waals surface area contributed by atoms with Gasteiger partial charge >= 0.3 is 0 Å². The summed E-state index contributed by atoms with van der Waals surface area (Å²) in [6, 6.07) is 19.3. The van der Waals surface area contributed by atoms with Crippen LogP contribution in [0, 0.1) is 11.3 Å². The standard InChI is InChI=1S/C42H24N4O/c43-25-28-15-6-13-26-14-7-20-32(38(26)28)30-18-8-19-31-29(30)17-9-21-33(31)41-44-40(27-11-2-1-3-12-27)45-42(46-41)35-22-10-24-37-39(35)34-16-4-5-23-36(34)47-37/h1-24H/i1D,2D,3D,6D,7D,11D,12D,13D,14D,15D,20D. The Morgan fingerprint density at radius 2 is 1.15 bits per heavy atom. The molecule has 0 unspecified atom stereocenters. The Morgan fingerprint density at radius 1 is 0.511 bits per heavy atom. The molecule has 0 aliphatic carbocycles. The first kappa shape index (κ1) is 17.7. The second-order valence-corrected chi connectivity index (χ2v) is 10.7. The number of hydrogen-bond acceptors (Lipinski definition) is 5. The topological polar surface area (TPSA) is 75.6 Å². The van der Waals surface area contributed by atoms with Crippen molar-refractivity contribution in [3.05, 3.63) is 151 Å². The molecule has 0 aliphatic rings. The number of hydrogen-bond donors (Lipinski definition) is 0. The van der Waals surface area contributed by atoms with Crippen LogP contribution < -0.4 is 0 Å². The van der Waals surface area contributed by atoms with Crippen molar-refractivity contribution in [2.75, 3.05) is 0 Å². The predicted molar refractivity (Wildman–Crippen MR) is 189 cm³/mol. The Balaban J connectivity index is 1.38. The van der Waals surface area contributed by atoms with Crippen molar-refractivity contribution in [1.82, 2.24) is 15.0 Å². The number of nitriles is 1. The van der Waals surface area contributed by atoms with Crippen LogP contribution in [0.3, 0.4) is 0 Å². The summed E-state index contributed by atoms with van der Waals surface area (Å²) in [6.45, 7) is 0. The Morgan fingerprint density at radius 3 is 1.98 bits per heavy atom. The normalized spacial score (nSPS) is 14.7. The monoisotopic (exact) mass is 611 g/mol. The van der Waals surface area contributed by atoms with Gasteiger partial charge in [-0.2, -0.15) is 5.26 Å². The molecular weight excluding hydrogens is 576 g/mol. The molecule has 2 aromatic heterocycles. The first-order valence-electron chi connectivity index (χ1n) is 20.0. The molecule has 218 valence electrons. The Labute approximate surface area is 285 Å². The molecule has 0 amide bonds. The van der Waals surface area contributed by atoms with E-state index in [2.05, 4.69) is 0 Å². The van der Waals surface area contributed by atoms with E-state index >= 15 is 0 Å². The third-order valence-electron chi connectivity index (χ3n) is 8.05. The van der Waals surface area contributed by atoms with Crippen molar-refractivity contribution in [1.29, 1.82) is 5.26 Å². The number of aromatic nitrogens is 3. The van der Waals surface area contributed by atoms with E-state index in [1.807, 2.05) is 30.3 Å². The zero-order chi connectivity index (χ0) is 40.9. The van der Waals surface area contributed by atoms with Gasteiger partial charge in [0.05, 0.1) is 26.7 Å². The average Bonchev–Trinajstić information content (AvgIpc) is 3.62. The molecular formula is C42H24N4O. The number of furan rings is 1. The van der Waals surface area contributed by atoms with Gasteiger partial charge in [-0.05, 0) is 45.5 Å². The van der Waals surface area contributed by atoms with Crippen molar-refractivity contribution < 1.29 is 19.5 Å². The summed E-state index contributed by atoms with van der Waals surface area (Å²) in [5.74, 6) is 0.00352. The quantitative estimate of drug-likeness (QED) is 0.198. The van der Waals surface area contributed by atoms with Crippen LogP contribution in [-0.2, 0) is 0 Å². The van der Waals surface area contributed by atoms with Gasteiger partial charge < -0.3 is 4.42 Å². The van der Waals surface area contributed by atoms with Gasteiger partial charge in [0.15, 0.2) is 17.5 Å². The second kappa shape index (κ2) is 10.8. The SMILES string of the molecule is [2H]c1c([2H])c([2H])c(-c2nc(-c3cccc4c(-c5c([2H])c([2H])c([2H])c6c([2H])c([2H])c([2H])c(C#N)c56)cccc34)nc(-c3cccc4oc5ccccc5c34)n2)c([2H])c1[2H]. The zero-order valence-electron chi connectivity index (χ0n) is 35.2. The summed E-state index contributed by atoms with van der Waals surface area (Å²) in [7, 11) is 0. The van der Waals surface area contributed by atoms with Crippen molar-refractivity contribution >= 4 is 43.5 Å². The third-order valence-corrected chi connectivity index (χ3v) is 8.05. The van der Waals surface area contributed by atoms with Gasteiger partial charge in [0.25, 0.3) is 0 Å². The lowest BCUT2D eigenvalue weighted by molar-refractivity contribution is 0.669. The minimum absolute atomic E-state index is 0.0342. The van der Waals surface area contributed by atoms with Crippen LogP contribution >= 0.6 is 0 Å². The molecule has 5 nitrogen and oxygen atoms in total. The van der Waals surface area contributed by atoms with E-state index in [1.54, 1.807) is 54.6 Å². The van der Waals surface area contributed by atoms with Crippen LogP contribution in [0.15, 0.2) is 150 Å². The van der Waals surface area contributed by atoms with Crippen molar-refractivity contribution in [3.63, 3.8) is 0 Å². The summed E-state index contributed by atoms with van der Waals surface area (Å²) in [5.41, 5.74) is 1.95. The van der Waals surface area contributed by atoms with Crippen molar-refractivity contribution in [3.8, 4) is 51.4 Å². The molecule has 9 aromatic rings. The summed E-state index contributed by atoms with van der Waals surface area (Å²) in [5, 5.41) is 12.5. The number of nitrogens with zero attached hydrogens (tertiary/aromatic N) is 4. The fraction of sp³-hybridized carbons (Fsp3) is 0. The first-order chi connectivity index (χ1) is 27.8. The van der Waals surface area contributed by atoms with E-state index in [9.17, 15) is 5.26 Å². The van der Waals surface area contributed by atoms with Crippen molar-refractivity contribution in [2.45, 2.75) is 0 Å². The molecule has 7 aromatic carbocycles. The maximum atomic E-state index is 10.2. The zero-order valence-corrected chi connectivity index (χ0v) is 24.2. The van der Waals surface area contributed by atoms with Gasteiger partial charge in [0, 0.05) is 32.8 Å². The molecule has 2 heterocycles. The molecule has 0 saturated heterocycles. The molecule has 0 aliphatic heterocycles. The Kier molecular flexibility index (Phi) is 4.06. The summed E-state index contributed by atoms with van der Waals surface area (Å²) < 4.78 is 101. The smallest absolute Gasteiger partial charge is 0.164 e. The third kappa shape index (κ3) is 4.35. The van der Waals surface area contributed by atoms with E-state index in [-0.39, 0.29) is 44.9 Å². The molecule has 0 bridgehead atoms. The van der Waals surface area contributed by atoms with Crippen LogP contribution in [0.2, 0.25) is 0 Å². The van der Waals surface area contributed by atoms with E-state index in [1.165, 1.54) is 0 Å². The number of rotatable bonds is 4. The van der Waals surface area contributed by atoms with Crippen LogP contribution in [0.4, 0.5) is 0 Å².